The number of halogens is 1. The molecule has 1 amide bonds. The van der Waals surface area contributed by atoms with E-state index in [9.17, 15) is 4.79 Å². The average Bonchev–Trinajstić information content (AvgIpc) is 3.23. The second kappa shape index (κ2) is 12.8. The van der Waals surface area contributed by atoms with Crippen molar-refractivity contribution in [2.75, 3.05) is 38.0 Å². The summed E-state index contributed by atoms with van der Waals surface area (Å²) in [5.41, 5.74) is 3.33. The van der Waals surface area contributed by atoms with Crippen LogP contribution in [0.5, 0.6) is 0 Å². The number of pyridine rings is 1. The summed E-state index contributed by atoms with van der Waals surface area (Å²) in [5, 5.41) is 7.45. The van der Waals surface area contributed by atoms with E-state index in [4.69, 9.17) is 16.1 Å². The van der Waals surface area contributed by atoms with Crippen LogP contribution in [0.4, 0.5) is 5.82 Å². The number of hydrogen-bond acceptors (Lipinski definition) is 7. The van der Waals surface area contributed by atoms with E-state index < -0.39 is 0 Å². The lowest BCUT2D eigenvalue weighted by atomic mass is 10.1. The van der Waals surface area contributed by atoms with Crippen molar-refractivity contribution in [2.24, 2.45) is 0 Å². The fourth-order valence-electron chi connectivity index (χ4n) is 3.67. The maximum absolute atomic E-state index is 12.3. The van der Waals surface area contributed by atoms with Crippen molar-refractivity contribution in [1.82, 2.24) is 19.9 Å². The summed E-state index contributed by atoms with van der Waals surface area (Å²) < 4.78 is 5.17. The minimum Gasteiger partial charge on any atom is -0.372 e. The number of nitrogens with zero attached hydrogens (tertiary/aromatic N) is 4. The minimum absolute atomic E-state index is 0.0730. The third kappa shape index (κ3) is 8.04. The largest absolute Gasteiger partial charge is 0.372 e. The summed E-state index contributed by atoms with van der Waals surface area (Å²) in [6, 6.07) is 5.38. The fourth-order valence-corrected chi connectivity index (χ4v) is 4.77. The molecule has 0 saturated carbocycles. The highest BCUT2D eigenvalue weighted by atomic mass is 35.5. The summed E-state index contributed by atoms with van der Waals surface area (Å²) in [7, 11) is 0. The van der Waals surface area contributed by atoms with Gasteiger partial charge in [0.05, 0.1) is 17.3 Å². The number of amides is 1. The first kappa shape index (κ1) is 26.1. The van der Waals surface area contributed by atoms with Crippen LogP contribution in [0.2, 0.25) is 5.02 Å². The Morgan fingerprint density at radius 1 is 1.32 bits per heavy atom. The first-order valence-corrected chi connectivity index (χ1v) is 12.6. The summed E-state index contributed by atoms with van der Waals surface area (Å²) in [6.45, 7) is 14.1. The summed E-state index contributed by atoms with van der Waals surface area (Å²) in [6.07, 6.45) is 6.54. The molecule has 9 heteroatoms. The number of aromatic nitrogens is 2. The van der Waals surface area contributed by atoms with Gasteiger partial charge in [0.2, 0.25) is 5.91 Å². The second-order valence-electron chi connectivity index (χ2n) is 8.28. The highest BCUT2D eigenvalue weighted by Gasteiger charge is 2.20. The molecule has 0 aliphatic carbocycles. The first-order chi connectivity index (χ1) is 16.3. The zero-order valence-electron chi connectivity index (χ0n) is 20.0. The zero-order chi connectivity index (χ0) is 24.5. The number of anilines is 1. The molecule has 2 aromatic heterocycles. The van der Waals surface area contributed by atoms with Crippen LogP contribution in [0.25, 0.3) is 0 Å². The molecule has 1 fully saturated rings. The molecule has 0 bridgehead atoms. The maximum Gasteiger partial charge on any atom is 0.239 e. The Balaban J connectivity index is 1.46. The topological polar surface area (TPSA) is 74.5 Å². The Bertz CT molecular complexity index is 1040. The lowest BCUT2D eigenvalue weighted by molar-refractivity contribution is -0.117. The molecule has 0 spiro atoms. The summed E-state index contributed by atoms with van der Waals surface area (Å²) in [5.74, 6) is 2.04. The van der Waals surface area contributed by atoms with Crippen LogP contribution < -0.4 is 5.32 Å². The number of rotatable bonds is 10. The van der Waals surface area contributed by atoms with E-state index in [0.29, 0.717) is 17.4 Å². The number of carbonyl (C=O) groups excluding carboxylic acids is 1. The number of aryl methyl sites for hydroxylation is 1. The van der Waals surface area contributed by atoms with Gasteiger partial charge in [-0.25, -0.2) is 4.98 Å². The monoisotopic (exact) mass is 501 g/mol. The van der Waals surface area contributed by atoms with E-state index in [2.05, 4.69) is 50.9 Å². The predicted molar refractivity (Wildman–Crippen MR) is 140 cm³/mol. The van der Waals surface area contributed by atoms with Gasteiger partial charge in [-0.3, -0.25) is 9.69 Å². The van der Waals surface area contributed by atoms with Gasteiger partial charge in [-0.05, 0) is 32.9 Å². The maximum atomic E-state index is 12.3. The Kier molecular flexibility index (Phi) is 9.80. The SMILES string of the molecule is C=C(C/C(C)=C(/C=C\C)SCc1cc(C)on1)N1CCN(CC(=O)Nc2ccc(Cl)cn2)CC1. The van der Waals surface area contributed by atoms with Gasteiger partial charge in [-0.15, -0.1) is 11.8 Å². The molecule has 1 aliphatic heterocycles. The van der Waals surface area contributed by atoms with Gasteiger partial charge in [-0.1, -0.05) is 41.1 Å². The van der Waals surface area contributed by atoms with Crippen LogP contribution in [0.3, 0.4) is 0 Å². The van der Waals surface area contributed by atoms with Gasteiger partial charge in [0.25, 0.3) is 0 Å². The van der Waals surface area contributed by atoms with Crippen LogP contribution in [0.1, 0.15) is 31.7 Å². The van der Waals surface area contributed by atoms with Crippen molar-refractivity contribution in [1.29, 1.82) is 0 Å². The van der Waals surface area contributed by atoms with Gasteiger partial charge in [0, 0.05) is 61.2 Å². The Morgan fingerprint density at radius 3 is 2.71 bits per heavy atom. The van der Waals surface area contributed by atoms with E-state index in [1.807, 2.05) is 19.9 Å². The van der Waals surface area contributed by atoms with Gasteiger partial charge < -0.3 is 14.7 Å². The molecule has 0 atom stereocenters. The molecule has 7 nitrogen and oxygen atoms in total. The lowest BCUT2D eigenvalue weighted by Gasteiger charge is -2.37. The molecule has 1 aliphatic rings. The van der Waals surface area contributed by atoms with Crippen molar-refractivity contribution in [2.45, 2.75) is 32.9 Å². The molecule has 1 saturated heterocycles. The van der Waals surface area contributed by atoms with E-state index >= 15 is 0 Å². The molecule has 1 N–H and O–H groups in total. The highest BCUT2D eigenvalue weighted by Crippen LogP contribution is 2.29. The number of allylic oxidation sites excluding steroid dienone is 3. The number of nitrogens with one attached hydrogen (secondary N) is 1. The number of carbonyl (C=O) groups is 1. The van der Waals surface area contributed by atoms with Crippen molar-refractivity contribution >= 4 is 35.1 Å². The zero-order valence-corrected chi connectivity index (χ0v) is 21.6. The number of hydrogen-bond donors (Lipinski definition) is 1. The van der Waals surface area contributed by atoms with E-state index in [1.165, 1.54) is 16.7 Å². The van der Waals surface area contributed by atoms with Crippen LogP contribution >= 0.6 is 23.4 Å². The molecule has 182 valence electrons. The van der Waals surface area contributed by atoms with Gasteiger partial charge in [0.15, 0.2) is 0 Å². The number of piperazine rings is 1. The van der Waals surface area contributed by atoms with Crippen molar-refractivity contribution in [3.63, 3.8) is 0 Å². The first-order valence-electron chi connectivity index (χ1n) is 11.3. The van der Waals surface area contributed by atoms with Crippen molar-refractivity contribution in [3.8, 4) is 0 Å². The average molecular weight is 502 g/mol. The van der Waals surface area contributed by atoms with Crippen molar-refractivity contribution in [3.05, 3.63) is 75.8 Å². The number of thioether (sulfide) groups is 1. The minimum atomic E-state index is -0.0730. The quantitative estimate of drug-likeness (QED) is 0.444. The Labute approximate surface area is 210 Å². The Hall–Kier alpha value is -2.55. The summed E-state index contributed by atoms with van der Waals surface area (Å²) in [4.78, 5) is 22.2. The molecular formula is C25H32ClN5O2S. The third-order valence-electron chi connectivity index (χ3n) is 5.44. The standard InChI is InChI=1S/C25H32ClN5O2S/c1-5-6-23(34-17-22-14-20(4)33-29-22)18(2)13-19(3)31-11-9-30(10-12-31)16-25(32)28-24-8-7-21(26)15-27-24/h5-8,14-15H,3,9-13,16-17H2,1-2,4H3,(H,27,28,32)/b6-5-,23-18-. The molecule has 3 heterocycles. The van der Waals surface area contributed by atoms with Crippen LogP contribution in [-0.2, 0) is 10.5 Å². The highest BCUT2D eigenvalue weighted by molar-refractivity contribution is 8.02. The molecule has 3 rings (SSSR count). The molecule has 0 radical (unpaired) electrons. The van der Waals surface area contributed by atoms with Crippen molar-refractivity contribution < 1.29 is 9.32 Å². The van der Waals surface area contributed by atoms with Gasteiger partial charge in [0.1, 0.15) is 11.6 Å². The lowest BCUT2D eigenvalue weighted by Crippen LogP contribution is -2.48. The smallest absolute Gasteiger partial charge is 0.239 e. The van der Waals surface area contributed by atoms with E-state index in [0.717, 1.165) is 55.5 Å². The fraction of sp³-hybridized carbons (Fsp3) is 0.400. The van der Waals surface area contributed by atoms with Crippen LogP contribution in [-0.4, -0.2) is 58.6 Å². The Morgan fingerprint density at radius 2 is 2.09 bits per heavy atom. The third-order valence-corrected chi connectivity index (χ3v) is 6.90. The second-order valence-corrected chi connectivity index (χ2v) is 9.73. The van der Waals surface area contributed by atoms with Crippen LogP contribution in [0.15, 0.2) is 63.8 Å². The predicted octanol–water partition coefficient (Wildman–Crippen LogP) is 5.27. The molecule has 0 unspecified atom stereocenters. The normalized spacial score (nSPS) is 15.5. The van der Waals surface area contributed by atoms with E-state index in [1.54, 1.807) is 23.9 Å². The molecule has 34 heavy (non-hydrogen) atoms. The van der Waals surface area contributed by atoms with E-state index in [-0.39, 0.29) is 5.91 Å². The molecule has 2 aromatic rings. The molecule has 0 aromatic carbocycles. The van der Waals surface area contributed by atoms with Gasteiger partial charge >= 0.3 is 0 Å². The van der Waals surface area contributed by atoms with Gasteiger partial charge in [-0.2, -0.15) is 0 Å². The molecular weight excluding hydrogens is 470 g/mol. The summed E-state index contributed by atoms with van der Waals surface area (Å²) >= 11 is 7.60. The van der Waals surface area contributed by atoms with Crippen LogP contribution in [0, 0.1) is 6.92 Å².